The van der Waals surface area contributed by atoms with E-state index in [4.69, 9.17) is 21.4 Å². The van der Waals surface area contributed by atoms with E-state index in [1.165, 1.54) is 0 Å². The van der Waals surface area contributed by atoms with Gasteiger partial charge in [-0.05, 0) is 24.6 Å². The van der Waals surface area contributed by atoms with Crippen LogP contribution in [0.3, 0.4) is 0 Å². The predicted molar refractivity (Wildman–Crippen MR) is 63.2 cm³/mol. The number of Topliss-reactive ketones (excluding diaryl/α,β-unsaturated/α-hetero) is 1. The fourth-order valence-electron chi connectivity index (χ4n) is 1.41. The molecule has 0 spiro atoms. The van der Waals surface area contributed by atoms with Gasteiger partial charge >= 0.3 is 0 Å². The number of carbonyl (C=O) groups excluding carboxylic acids is 1. The highest BCUT2D eigenvalue weighted by Gasteiger charge is 2.17. The molecule has 1 atom stereocenters. The van der Waals surface area contributed by atoms with Crippen molar-refractivity contribution in [2.75, 3.05) is 13.7 Å². The predicted octanol–water partition coefficient (Wildman–Crippen LogP) is 2.55. The molecule has 0 aliphatic rings. The van der Waals surface area contributed by atoms with Crippen molar-refractivity contribution < 1.29 is 14.6 Å². The summed E-state index contributed by atoms with van der Waals surface area (Å²) in [6.07, 6.45) is 0.446. The number of methoxy groups -OCH3 is 1. The van der Waals surface area contributed by atoms with E-state index in [0.717, 1.165) is 0 Å². The number of ketones is 1. The summed E-state index contributed by atoms with van der Waals surface area (Å²) in [6.45, 7) is 1.78. The van der Waals surface area contributed by atoms with Gasteiger partial charge in [-0.1, -0.05) is 18.5 Å². The van der Waals surface area contributed by atoms with E-state index >= 15 is 0 Å². The molecule has 1 rings (SSSR count). The first-order valence-electron chi connectivity index (χ1n) is 5.08. The SMILES string of the molecule is COc1ccc(C(=O)C(C)CCO)c(Cl)c1. The average molecular weight is 243 g/mol. The maximum atomic E-state index is 11.9. The molecule has 0 saturated heterocycles. The van der Waals surface area contributed by atoms with Crippen molar-refractivity contribution in [1.82, 2.24) is 0 Å². The van der Waals surface area contributed by atoms with Crippen molar-refractivity contribution in [3.63, 3.8) is 0 Å². The zero-order valence-electron chi connectivity index (χ0n) is 9.37. The Labute approximate surface area is 100.0 Å². The van der Waals surface area contributed by atoms with Gasteiger partial charge in [-0.25, -0.2) is 0 Å². The van der Waals surface area contributed by atoms with Crippen molar-refractivity contribution in [1.29, 1.82) is 0 Å². The largest absolute Gasteiger partial charge is 0.497 e. The van der Waals surface area contributed by atoms with E-state index in [0.29, 0.717) is 22.8 Å². The summed E-state index contributed by atoms with van der Waals surface area (Å²) in [4.78, 5) is 11.9. The number of hydrogen-bond acceptors (Lipinski definition) is 3. The zero-order valence-corrected chi connectivity index (χ0v) is 10.1. The van der Waals surface area contributed by atoms with E-state index in [-0.39, 0.29) is 18.3 Å². The van der Waals surface area contributed by atoms with E-state index in [1.807, 2.05) is 0 Å². The van der Waals surface area contributed by atoms with Crippen LogP contribution in [-0.4, -0.2) is 24.6 Å². The van der Waals surface area contributed by atoms with Gasteiger partial charge < -0.3 is 9.84 Å². The van der Waals surface area contributed by atoms with Crippen LogP contribution in [0.2, 0.25) is 5.02 Å². The van der Waals surface area contributed by atoms with E-state index < -0.39 is 0 Å². The molecule has 0 aliphatic carbocycles. The summed E-state index contributed by atoms with van der Waals surface area (Å²) in [5.74, 6) is 0.342. The first-order valence-corrected chi connectivity index (χ1v) is 5.46. The molecule has 16 heavy (non-hydrogen) atoms. The number of aliphatic hydroxyl groups excluding tert-OH is 1. The summed E-state index contributed by atoms with van der Waals surface area (Å²) in [7, 11) is 1.54. The summed E-state index contributed by atoms with van der Waals surface area (Å²) < 4.78 is 5.00. The number of benzene rings is 1. The molecule has 0 saturated carbocycles. The molecule has 0 amide bonds. The van der Waals surface area contributed by atoms with Gasteiger partial charge in [-0.2, -0.15) is 0 Å². The molecule has 3 nitrogen and oxygen atoms in total. The second-order valence-corrected chi connectivity index (χ2v) is 4.03. The second-order valence-electron chi connectivity index (χ2n) is 3.62. The number of hydrogen-bond donors (Lipinski definition) is 1. The topological polar surface area (TPSA) is 46.5 Å². The van der Waals surface area contributed by atoms with Crippen LogP contribution in [0.25, 0.3) is 0 Å². The van der Waals surface area contributed by atoms with Gasteiger partial charge in [0.25, 0.3) is 0 Å². The fraction of sp³-hybridized carbons (Fsp3) is 0.417. The molecule has 88 valence electrons. The molecule has 0 bridgehead atoms. The van der Waals surface area contributed by atoms with Crippen LogP contribution in [0.15, 0.2) is 18.2 Å². The number of carbonyl (C=O) groups is 1. The van der Waals surface area contributed by atoms with Gasteiger partial charge in [0.1, 0.15) is 5.75 Å². The lowest BCUT2D eigenvalue weighted by Crippen LogP contribution is -2.13. The number of rotatable bonds is 5. The Balaban J connectivity index is 2.91. The van der Waals surface area contributed by atoms with Gasteiger partial charge in [-0.15, -0.1) is 0 Å². The van der Waals surface area contributed by atoms with Crippen molar-refractivity contribution >= 4 is 17.4 Å². The second kappa shape index (κ2) is 5.87. The first kappa shape index (κ1) is 13.0. The van der Waals surface area contributed by atoms with Crippen LogP contribution in [0.4, 0.5) is 0 Å². The van der Waals surface area contributed by atoms with Crippen molar-refractivity contribution in [2.45, 2.75) is 13.3 Å². The number of aliphatic hydroxyl groups is 1. The van der Waals surface area contributed by atoms with Gasteiger partial charge in [0.2, 0.25) is 0 Å². The summed E-state index contributed by atoms with van der Waals surface area (Å²) in [5, 5.41) is 9.16. The highest BCUT2D eigenvalue weighted by molar-refractivity contribution is 6.34. The lowest BCUT2D eigenvalue weighted by molar-refractivity contribution is 0.0908. The quantitative estimate of drug-likeness (QED) is 0.808. The molecule has 0 aliphatic heterocycles. The summed E-state index contributed by atoms with van der Waals surface area (Å²) in [6, 6.07) is 4.96. The Morgan fingerprint density at radius 3 is 2.75 bits per heavy atom. The van der Waals surface area contributed by atoms with Crippen LogP contribution in [0.1, 0.15) is 23.7 Å². The van der Waals surface area contributed by atoms with Gasteiger partial charge in [0.05, 0.1) is 12.1 Å². The van der Waals surface area contributed by atoms with Gasteiger partial charge in [-0.3, -0.25) is 4.79 Å². The van der Waals surface area contributed by atoms with Crippen LogP contribution in [-0.2, 0) is 0 Å². The Morgan fingerprint density at radius 2 is 2.25 bits per heavy atom. The van der Waals surface area contributed by atoms with Crippen LogP contribution in [0.5, 0.6) is 5.75 Å². The molecule has 1 aromatic carbocycles. The molecular formula is C12H15ClO3. The minimum absolute atomic E-state index is 0.000675. The Hall–Kier alpha value is -1.06. The summed E-state index contributed by atoms with van der Waals surface area (Å²) >= 11 is 5.98. The van der Waals surface area contributed by atoms with Crippen LogP contribution in [0, 0.1) is 5.92 Å². The zero-order chi connectivity index (χ0) is 12.1. The van der Waals surface area contributed by atoms with Crippen LogP contribution >= 0.6 is 11.6 Å². The molecule has 1 N–H and O–H groups in total. The highest BCUT2D eigenvalue weighted by Crippen LogP contribution is 2.25. The first-order chi connectivity index (χ1) is 7.60. The molecule has 0 radical (unpaired) electrons. The third kappa shape index (κ3) is 2.97. The highest BCUT2D eigenvalue weighted by atomic mass is 35.5. The third-order valence-corrected chi connectivity index (χ3v) is 2.76. The molecular weight excluding hydrogens is 228 g/mol. The maximum Gasteiger partial charge on any atom is 0.167 e. The van der Waals surface area contributed by atoms with Gasteiger partial charge in [0.15, 0.2) is 5.78 Å². The lowest BCUT2D eigenvalue weighted by atomic mass is 9.97. The number of ether oxygens (including phenoxy) is 1. The maximum absolute atomic E-state index is 11.9. The Bertz CT molecular complexity index is 377. The average Bonchev–Trinajstić information content (AvgIpc) is 2.28. The van der Waals surface area contributed by atoms with Crippen LogP contribution < -0.4 is 4.74 Å². The minimum Gasteiger partial charge on any atom is -0.497 e. The molecule has 1 aromatic rings. The standard InChI is InChI=1S/C12H15ClO3/c1-8(5-6-14)12(15)10-4-3-9(16-2)7-11(10)13/h3-4,7-8,14H,5-6H2,1-2H3. The molecule has 0 heterocycles. The van der Waals surface area contributed by atoms with E-state index in [1.54, 1.807) is 32.2 Å². The smallest absolute Gasteiger partial charge is 0.167 e. The minimum atomic E-state index is -0.226. The van der Waals surface area contributed by atoms with E-state index in [2.05, 4.69) is 0 Å². The number of halogens is 1. The summed E-state index contributed by atoms with van der Waals surface area (Å²) in [5.41, 5.74) is 0.475. The van der Waals surface area contributed by atoms with Crippen molar-refractivity contribution in [3.05, 3.63) is 28.8 Å². The van der Waals surface area contributed by atoms with Gasteiger partial charge in [0, 0.05) is 18.1 Å². The third-order valence-electron chi connectivity index (χ3n) is 2.45. The normalized spacial score (nSPS) is 12.2. The molecule has 0 fully saturated rings. The Kier molecular flexibility index (Phi) is 4.77. The molecule has 4 heteroatoms. The lowest BCUT2D eigenvalue weighted by Gasteiger charge is -2.10. The molecule has 0 aromatic heterocycles. The van der Waals surface area contributed by atoms with Crippen molar-refractivity contribution in [3.8, 4) is 5.75 Å². The van der Waals surface area contributed by atoms with Crippen molar-refractivity contribution in [2.24, 2.45) is 5.92 Å². The molecule has 1 unspecified atom stereocenters. The Morgan fingerprint density at radius 1 is 1.56 bits per heavy atom. The monoisotopic (exact) mass is 242 g/mol. The fourth-order valence-corrected chi connectivity index (χ4v) is 1.68. The van der Waals surface area contributed by atoms with E-state index in [9.17, 15) is 4.79 Å².